The molecule has 1 saturated carbocycles. The lowest BCUT2D eigenvalue weighted by atomic mass is 10.0. The van der Waals surface area contributed by atoms with Crippen molar-refractivity contribution in [3.05, 3.63) is 57.5 Å². The molecule has 32 heavy (non-hydrogen) atoms. The SMILES string of the molecule is CNc1c(=O)n(C2(CF)CC2)cc2c(N[C@H](C)c3cccc(C(F)F)c3F)nc(C)nc12. The zero-order valence-electron chi connectivity index (χ0n) is 17.8. The van der Waals surface area contributed by atoms with Crippen LogP contribution in [-0.4, -0.2) is 28.3 Å². The van der Waals surface area contributed by atoms with Crippen LogP contribution >= 0.6 is 0 Å². The number of alkyl halides is 3. The number of hydrogen-bond acceptors (Lipinski definition) is 5. The highest BCUT2D eigenvalue weighted by molar-refractivity contribution is 5.96. The highest BCUT2D eigenvalue weighted by Gasteiger charge is 2.46. The average Bonchev–Trinajstić information content (AvgIpc) is 3.54. The van der Waals surface area contributed by atoms with Crippen molar-refractivity contribution < 1.29 is 17.6 Å². The molecule has 1 fully saturated rings. The summed E-state index contributed by atoms with van der Waals surface area (Å²) in [5.74, 6) is -0.337. The molecule has 1 atom stereocenters. The van der Waals surface area contributed by atoms with E-state index >= 15 is 0 Å². The molecule has 1 aliphatic rings. The topological polar surface area (TPSA) is 71.8 Å². The van der Waals surface area contributed by atoms with Crippen molar-refractivity contribution in [3.8, 4) is 0 Å². The number of nitrogens with zero attached hydrogens (tertiary/aromatic N) is 3. The van der Waals surface area contributed by atoms with E-state index in [1.165, 1.54) is 22.9 Å². The second kappa shape index (κ2) is 8.07. The van der Waals surface area contributed by atoms with Crippen LogP contribution in [0.3, 0.4) is 0 Å². The Kier molecular flexibility index (Phi) is 5.56. The summed E-state index contributed by atoms with van der Waals surface area (Å²) < 4.78 is 56.0. The van der Waals surface area contributed by atoms with Gasteiger partial charge in [-0.25, -0.2) is 27.5 Å². The largest absolute Gasteiger partial charge is 0.382 e. The van der Waals surface area contributed by atoms with Gasteiger partial charge in [0, 0.05) is 18.8 Å². The molecule has 0 radical (unpaired) electrons. The molecular formula is C22H23F4N5O. The van der Waals surface area contributed by atoms with Gasteiger partial charge in [0.2, 0.25) is 0 Å². The number of hydrogen-bond donors (Lipinski definition) is 2. The minimum absolute atomic E-state index is 0.0526. The predicted molar refractivity (Wildman–Crippen MR) is 115 cm³/mol. The van der Waals surface area contributed by atoms with E-state index in [2.05, 4.69) is 20.6 Å². The monoisotopic (exact) mass is 449 g/mol. The van der Waals surface area contributed by atoms with Gasteiger partial charge in [-0.1, -0.05) is 18.2 Å². The van der Waals surface area contributed by atoms with Crippen molar-refractivity contribution >= 4 is 22.4 Å². The summed E-state index contributed by atoms with van der Waals surface area (Å²) in [4.78, 5) is 21.8. The van der Waals surface area contributed by atoms with E-state index in [0.29, 0.717) is 35.4 Å². The van der Waals surface area contributed by atoms with Crippen molar-refractivity contribution in [3.63, 3.8) is 0 Å². The van der Waals surface area contributed by atoms with Gasteiger partial charge in [-0.3, -0.25) is 4.79 Å². The summed E-state index contributed by atoms with van der Waals surface area (Å²) in [6.07, 6.45) is -0.344. The molecular weight excluding hydrogens is 426 g/mol. The molecule has 2 N–H and O–H groups in total. The molecule has 0 unspecified atom stereocenters. The first-order chi connectivity index (χ1) is 15.2. The first-order valence-corrected chi connectivity index (χ1v) is 10.2. The molecule has 1 aliphatic carbocycles. The van der Waals surface area contributed by atoms with Gasteiger partial charge in [-0.05, 0) is 26.7 Å². The van der Waals surface area contributed by atoms with Crippen molar-refractivity contribution in [1.29, 1.82) is 0 Å². The third kappa shape index (κ3) is 3.57. The molecule has 2 aromatic heterocycles. The molecule has 170 valence electrons. The second-order valence-corrected chi connectivity index (χ2v) is 8.09. The van der Waals surface area contributed by atoms with Gasteiger partial charge >= 0.3 is 0 Å². The van der Waals surface area contributed by atoms with Crippen molar-refractivity contribution in [1.82, 2.24) is 14.5 Å². The summed E-state index contributed by atoms with van der Waals surface area (Å²) in [6, 6.07) is 3.12. The Bertz CT molecular complexity index is 1240. The lowest BCUT2D eigenvalue weighted by Crippen LogP contribution is -2.33. The van der Waals surface area contributed by atoms with E-state index < -0.39 is 36.1 Å². The fourth-order valence-corrected chi connectivity index (χ4v) is 3.93. The highest BCUT2D eigenvalue weighted by Crippen LogP contribution is 2.44. The van der Waals surface area contributed by atoms with Gasteiger partial charge in [-0.2, -0.15) is 0 Å². The number of rotatable bonds is 7. The molecule has 4 rings (SSSR count). The van der Waals surface area contributed by atoms with E-state index in [0.717, 1.165) is 6.07 Å². The molecule has 3 aromatic rings. The maximum atomic E-state index is 14.7. The van der Waals surface area contributed by atoms with Crippen molar-refractivity contribution in [2.45, 2.75) is 44.7 Å². The van der Waals surface area contributed by atoms with E-state index in [1.807, 2.05) is 0 Å². The Morgan fingerprint density at radius 2 is 1.91 bits per heavy atom. The average molecular weight is 449 g/mol. The van der Waals surface area contributed by atoms with E-state index in [1.54, 1.807) is 20.9 Å². The standard InChI is InChI=1S/C22H23F4N5O/c1-11(13-5-4-6-14(16(13)24)19(25)26)28-20-15-9-31(22(10-23)7-8-22)21(32)18(27-3)17(15)29-12(2)30-20/h4-6,9,11,19,27H,7-8,10H2,1-3H3,(H,28,29,30)/t11-/m1/s1. The Morgan fingerprint density at radius 1 is 1.22 bits per heavy atom. The first kappa shape index (κ1) is 22.0. The van der Waals surface area contributed by atoms with Gasteiger partial charge in [0.05, 0.1) is 22.5 Å². The normalized spacial score (nSPS) is 15.8. The molecule has 0 spiro atoms. The van der Waals surface area contributed by atoms with Crippen LogP contribution in [0.25, 0.3) is 10.9 Å². The smallest absolute Gasteiger partial charge is 0.276 e. The minimum atomic E-state index is -2.94. The van der Waals surface area contributed by atoms with E-state index in [9.17, 15) is 22.4 Å². The third-order valence-corrected chi connectivity index (χ3v) is 5.94. The summed E-state index contributed by atoms with van der Waals surface area (Å²) in [5, 5.41) is 6.36. The molecule has 0 aliphatic heterocycles. The van der Waals surface area contributed by atoms with E-state index in [4.69, 9.17) is 0 Å². The summed E-state index contributed by atoms with van der Waals surface area (Å²) in [6.45, 7) is 2.58. The minimum Gasteiger partial charge on any atom is -0.382 e. The Balaban J connectivity index is 1.85. The van der Waals surface area contributed by atoms with Crippen molar-refractivity contribution in [2.75, 3.05) is 24.4 Å². The van der Waals surface area contributed by atoms with Crippen molar-refractivity contribution in [2.24, 2.45) is 0 Å². The number of halogens is 4. The van der Waals surface area contributed by atoms with Crippen LogP contribution in [0.4, 0.5) is 29.1 Å². The van der Waals surface area contributed by atoms with Crippen LogP contribution < -0.4 is 16.2 Å². The zero-order chi connectivity index (χ0) is 23.2. The maximum absolute atomic E-state index is 14.7. The molecule has 0 bridgehead atoms. The quantitative estimate of drug-likeness (QED) is 0.505. The molecule has 6 nitrogen and oxygen atoms in total. The summed E-state index contributed by atoms with van der Waals surface area (Å²) >= 11 is 0. The first-order valence-electron chi connectivity index (χ1n) is 10.2. The molecule has 2 heterocycles. The van der Waals surface area contributed by atoms with Gasteiger partial charge in [0.15, 0.2) is 0 Å². The van der Waals surface area contributed by atoms with Crippen LogP contribution in [0.1, 0.15) is 49.2 Å². The Hall–Kier alpha value is -3.17. The summed E-state index contributed by atoms with van der Waals surface area (Å²) in [7, 11) is 1.58. The van der Waals surface area contributed by atoms with Crippen LogP contribution in [0, 0.1) is 12.7 Å². The highest BCUT2D eigenvalue weighted by atomic mass is 19.3. The maximum Gasteiger partial charge on any atom is 0.276 e. The molecule has 0 amide bonds. The van der Waals surface area contributed by atoms with Crippen LogP contribution in [-0.2, 0) is 5.54 Å². The number of aryl methyl sites for hydroxylation is 1. The third-order valence-electron chi connectivity index (χ3n) is 5.94. The number of benzene rings is 1. The number of anilines is 2. The molecule has 0 saturated heterocycles. The van der Waals surface area contributed by atoms with Crippen LogP contribution in [0.15, 0.2) is 29.2 Å². The Morgan fingerprint density at radius 3 is 2.50 bits per heavy atom. The van der Waals surface area contributed by atoms with Crippen LogP contribution in [0.2, 0.25) is 0 Å². The lowest BCUT2D eigenvalue weighted by molar-refractivity contribution is 0.146. The van der Waals surface area contributed by atoms with Gasteiger partial charge in [0.1, 0.15) is 35.3 Å². The van der Waals surface area contributed by atoms with Crippen LogP contribution in [0.5, 0.6) is 0 Å². The molecule has 1 aromatic carbocycles. The number of nitrogens with one attached hydrogen (secondary N) is 2. The zero-order valence-corrected chi connectivity index (χ0v) is 17.8. The number of pyridine rings is 1. The lowest BCUT2D eigenvalue weighted by Gasteiger charge is -2.21. The number of fused-ring (bicyclic) bond motifs is 1. The fourth-order valence-electron chi connectivity index (χ4n) is 3.93. The predicted octanol–water partition coefficient (Wildman–Crippen LogP) is 4.85. The molecule has 10 heteroatoms. The fraction of sp³-hybridized carbons (Fsp3) is 0.409. The second-order valence-electron chi connectivity index (χ2n) is 8.09. The Labute approximate surface area is 181 Å². The summed E-state index contributed by atoms with van der Waals surface area (Å²) in [5.41, 5.74) is -1.35. The van der Waals surface area contributed by atoms with E-state index in [-0.39, 0.29) is 16.8 Å². The van der Waals surface area contributed by atoms with Gasteiger partial charge in [-0.15, -0.1) is 0 Å². The van der Waals surface area contributed by atoms with Gasteiger partial charge in [0.25, 0.3) is 12.0 Å². The van der Waals surface area contributed by atoms with Gasteiger partial charge < -0.3 is 15.2 Å². The number of aromatic nitrogens is 3.